The molecule has 6 rings (SSSR count). The van der Waals surface area contributed by atoms with Gasteiger partial charge in [0, 0.05) is 26.6 Å². The number of hydrogen-bond donors (Lipinski definition) is 0. The van der Waals surface area contributed by atoms with E-state index in [0.717, 1.165) is 6.42 Å². The molecule has 1 heteroatoms. The third-order valence-electron chi connectivity index (χ3n) is 5.55. The van der Waals surface area contributed by atoms with Gasteiger partial charge in [0.1, 0.15) is 0 Å². The van der Waals surface area contributed by atoms with Gasteiger partial charge in [-0.15, -0.1) is 11.3 Å². The van der Waals surface area contributed by atoms with E-state index in [2.05, 4.69) is 84.9 Å². The lowest BCUT2D eigenvalue weighted by molar-refractivity contribution is 1.29. The van der Waals surface area contributed by atoms with Gasteiger partial charge in [0.05, 0.1) is 0 Å². The molecule has 0 nitrogen and oxygen atoms in total. The second-order valence-corrected chi connectivity index (χ2v) is 7.99. The maximum absolute atomic E-state index is 2.33. The summed E-state index contributed by atoms with van der Waals surface area (Å²) >= 11 is 1.94. The van der Waals surface area contributed by atoms with Gasteiger partial charge in [0.25, 0.3) is 0 Å². The van der Waals surface area contributed by atoms with Crippen molar-refractivity contribution in [3.05, 3.63) is 96.1 Å². The molecule has 0 bridgehead atoms. The van der Waals surface area contributed by atoms with E-state index in [9.17, 15) is 0 Å². The number of benzene rings is 4. The highest BCUT2D eigenvalue weighted by Crippen LogP contribution is 2.47. The Morgan fingerprint density at radius 3 is 2.23 bits per heavy atom. The monoisotopic (exact) mass is 348 g/mol. The lowest BCUT2D eigenvalue weighted by Crippen LogP contribution is -1.87. The summed E-state index contributed by atoms with van der Waals surface area (Å²) in [4.78, 5) is 0. The second-order valence-electron chi connectivity index (χ2n) is 6.94. The van der Waals surface area contributed by atoms with Gasteiger partial charge in [-0.25, -0.2) is 0 Å². The Morgan fingerprint density at radius 1 is 0.538 bits per heavy atom. The van der Waals surface area contributed by atoms with Crippen molar-refractivity contribution in [2.75, 3.05) is 0 Å². The zero-order chi connectivity index (χ0) is 17.1. The van der Waals surface area contributed by atoms with Crippen molar-refractivity contribution in [1.29, 1.82) is 0 Å². The van der Waals surface area contributed by atoms with Crippen molar-refractivity contribution in [3.63, 3.8) is 0 Å². The van der Waals surface area contributed by atoms with E-state index in [1.54, 1.807) is 0 Å². The van der Waals surface area contributed by atoms with E-state index < -0.39 is 0 Å². The van der Waals surface area contributed by atoms with Crippen LogP contribution in [0.5, 0.6) is 0 Å². The van der Waals surface area contributed by atoms with Crippen molar-refractivity contribution >= 4 is 31.5 Å². The minimum atomic E-state index is 1.03. The fourth-order valence-electron chi connectivity index (χ4n) is 4.37. The lowest BCUT2D eigenvalue weighted by atomic mass is 9.96. The first-order chi connectivity index (χ1) is 12.9. The Bertz CT molecular complexity index is 1290. The van der Waals surface area contributed by atoms with Gasteiger partial charge in [0.15, 0.2) is 0 Å². The van der Waals surface area contributed by atoms with Gasteiger partial charge in [-0.05, 0) is 39.4 Å². The largest absolute Gasteiger partial charge is 0.135 e. The van der Waals surface area contributed by atoms with Crippen LogP contribution in [0.25, 0.3) is 42.4 Å². The quantitative estimate of drug-likeness (QED) is 0.292. The third kappa shape index (κ3) is 1.89. The molecule has 0 aliphatic heterocycles. The van der Waals surface area contributed by atoms with Crippen molar-refractivity contribution in [2.24, 2.45) is 0 Å². The molecular weight excluding hydrogens is 332 g/mol. The predicted molar refractivity (Wildman–Crippen MR) is 113 cm³/mol. The van der Waals surface area contributed by atoms with E-state index in [-0.39, 0.29) is 0 Å². The summed E-state index contributed by atoms with van der Waals surface area (Å²) in [5.74, 6) is 0. The molecule has 0 radical (unpaired) electrons. The van der Waals surface area contributed by atoms with Crippen LogP contribution in [0.1, 0.15) is 11.1 Å². The number of hydrogen-bond acceptors (Lipinski definition) is 1. The molecule has 1 aliphatic carbocycles. The standard InChI is InChI=1S/C25H16S/c1-2-7-16(8-3-1)17-10-6-11-18-19-13-14-21-20-9-4-5-12-24(20)26-25(21)23(19)15-22(17)18/h1-14H,15H2. The summed E-state index contributed by atoms with van der Waals surface area (Å²) in [6.45, 7) is 0. The highest BCUT2D eigenvalue weighted by atomic mass is 32.1. The first-order valence-electron chi connectivity index (χ1n) is 9.01. The van der Waals surface area contributed by atoms with Gasteiger partial charge in [0.2, 0.25) is 0 Å². The maximum Gasteiger partial charge on any atom is 0.0396 e. The molecule has 5 aromatic rings. The normalized spacial score (nSPS) is 12.5. The van der Waals surface area contributed by atoms with Gasteiger partial charge in [-0.2, -0.15) is 0 Å². The minimum absolute atomic E-state index is 1.03. The highest BCUT2D eigenvalue weighted by Gasteiger charge is 2.24. The average Bonchev–Trinajstić information content (AvgIpc) is 3.27. The van der Waals surface area contributed by atoms with Crippen LogP contribution in [0.4, 0.5) is 0 Å². The predicted octanol–water partition coefficient (Wildman–Crippen LogP) is 7.29. The Labute approximate surface area is 156 Å². The fourth-order valence-corrected chi connectivity index (χ4v) is 5.61. The number of fused-ring (bicyclic) bond motifs is 7. The molecule has 26 heavy (non-hydrogen) atoms. The molecule has 1 aromatic heterocycles. The zero-order valence-electron chi connectivity index (χ0n) is 14.2. The van der Waals surface area contributed by atoms with Crippen molar-refractivity contribution in [1.82, 2.24) is 0 Å². The topological polar surface area (TPSA) is 0 Å². The first kappa shape index (κ1) is 14.3. The highest BCUT2D eigenvalue weighted by molar-refractivity contribution is 7.26. The molecule has 0 saturated carbocycles. The van der Waals surface area contributed by atoms with Crippen LogP contribution < -0.4 is 0 Å². The smallest absolute Gasteiger partial charge is 0.0396 e. The molecule has 122 valence electrons. The van der Waals surface area contributed by atoms with Gasteiger partial charge in [-0.1, -0.05) is 78.9 Å². The van der Waals surface area contributed by atoms with Gasteiger partial charge in [-0.3, -0.25) is 0 Å². The van der Waals surface area contributed by atoms with Gasteiger partial charge < -0.3 is 0 Å². The molecule has 0 spiro atoms. The SMILES string of the molecule is c1ccc(-c2cccc3c2Cc2c-3ccc3c2sc2ccccc23)cc1. The molecular formula is C25H16S. The van der Waals surface area contributed by atoms with E-state index in [1.807, 2.05) is 11.3 Å². The van der Waals surface area contributed by atoms with Crippen LogP contribution in [-0.4, -0.2) is 0 Å². The fraction of sp³-hybridized carbons (Fsp3) is 0.0400. The molecule has 4 aromatic carbocycles. The zero-order valence-corrected chi connectivity index (χ0v) is 15.0. The van der Waals surface area contributed by atoms with E-state index in [4.69, 9.17) is 0 Å². The van der Waals surface area contributed by atoms with Crippen LogP contribution in [0.15, 0.2) is 84.9 Å². The summed E-state index contributed by atoms with van der Waals surface area (Å²) < 4.78 is 2.84. The molecule has 0 amide bonds. The van der Waals surface area contributed by atoms with E-state index >= 15 is 0 Å². The molecule has 1 aliphatic rings. The van der Waals surface area contributed by atoms with Crippen molar-refractivity contribution < 1.29 is 0 Å². The van der Waals surface area contributed by atoms with Crippen molar-refractivity contribution in [3.8, 4) is 22.3 Å². The molecule has 0 unspecified atom stereocenters. The molecule has 0 fully saturated rings. The van der Waals surface area contributed by atoms with E-state index in [0.29, 0.717) is 0 Å². The summed E-state index contributed by atoms with van der Waals surface area (Å²) in [7, 11) is 0. The Kier molecular flexibility index (Phi) is 2.91. The van der Waals surface area contributed by atoms with Crippen LogP contribution >= 0.6 is 11.3 Å². The third-order valence-corrected chi connectivity index (χ3v) is 6.80. The average molecular weight is 348 g/mol. The van der Waals surface area contributed by atoms with E-state index in [1.165, 1.54) is 53.6 Å². The maximum atomic E-state index is 2.33. The van der Waals surface area contributed by atoms with Crippen molar-refractivity contribution in [2.45, 2.75) is 6.42 Å². The first-order valence-corrected chi connectivity index (χ1v) is 9.82. The summed E-state index contributed by atoms with van der Waals surface area (Å²) in [6.07, 6.45) is 1.03. The molecule has 0 N–H and O–H groups in total. The number of rotatable bonds is 1. The van der Waals surface area contributed by atoms with Gasteiger partial charge >= 0.3 is 0 Å². The van der Waals surface area contributed by atoms with Crippen LogP contribution in [0.2, 0.25) is 0 Å². The Morgan fingerprint density at radius 2 is 1.31 bits per heavy atom. The van der Waals surface area contributed by atoms with Crippen LogP contribution in [0.3, 0.4) is 0 Å². The minimum Gasteiger partial charge on any atom is -0.135 e. The van der Waals surface area contributed by atoms with Crippen LogP contribution in [-0.2, 0) is 6.42 Å². The molecule has 1 heterocycles. The second kappa shape index (κ2) is 5.30. The summed E-state index contributed by atoms with van der Waals surface area (Å²) in [5, 5.41) is 2.79. The lowest BCUT2D eigenvalue weighted by Gasteiger charge is -2.08. The molecule has 0 saturated heterocycles. The number of thiophene rings is 1. The summed E-state index contributed by atoms with van der Waals surface area (Å²) in [5.41, 5.74) is 8.47. The summed E-state index contributed by atoms with van der Waals surface area (Å²) in [6, 6.07) is 30.9. The Hall–Kier alpha value is -2.90. The Balaban J connectivity index is 1.63. The van der Waals surface area contributed by atoms with Crippen LogP contribution in [0, 0.1) is 0 Å². The molecule has 0 atom stereocenters.